The van der Waals surface area contributed by atoms with Crippen molar-refractivity contribution in [1.82, 2.24) is 20.1 Å². The summed E-state index contributed by atoms with van der Waals surface area (Å²) in [6.07, 6.45) is -2.86. The van der Waals surface area contributed by atoms with E-state index in [1.54, 1.807) is 19.9 Å². The molecule has 1 atom stereocenters. The van der Waals surface area contributed by atoms with Gasteiger partial charge in [-0.1, -0.05) is 42.5 Å². The zero-order valence-corrected chi connectivity index (χ0v) is 30.7. The lowest BCUT2D eigenvalue weighted by Crippen LogP contribution is -2.48. The molecule has 0 spiro atoms. The molecule has 3 aromatic carbocycles. The van der Waals surface area contributed by atoms with E-state index in [1.165, 1.54) is 25.3 Å². The summed E-state index contributed by atoms with van der Waals surface area (Å²) in [5.74, 6) is -0.459. The number of nitrogens with zero attached hydrogens (tertiary/aromatic N) is 3. The van der Waals surface area contributed by atoms with Gasteiger partial charge in [0, 0.05) is 48.3 Å². The number of hydrogen-bond acceptors (Lipinski definition) is 8. The van der Waals surface area contributed by atoms with Gasteiger partial charge in [0.2, 0.25) is 0 Å². The summed E-state index contributed by atoms with van der Waals surface area (Å²) >= 11 is 0. The van der Waals surface area contributed by atoms with E-state index >= 15 is 0 Å². The molecule has 2 aliphatic heterocycles. The third kappa shape index (κ3) is 7.97. The predicted octanol–water partition coefficient (Wildman–Crippen LogP) is 6.90. The number of fused-ring (bicyclic) bond motifs is 1. The number of likely N-dealkylation sites (tertiary alicyclic amines) is 1. The zero-order valence-electron chi connectivity index (χ0n) is 29.9. The highest BCUT2D eigenvalue weighted by Crippen LogP contribution is 2.39. The van der Waals surface area contributed by atoms with Crippen LogP contribution in [0.15, 0.2) is 71.6 Å². The first-order chi connectivity index (χ1) is 24.8. The Morgan fingerprint density at radius 2 is 1.67 bits per heavy atom. The van der Waals surface area contributed by atoms with Gasteiger partial charge >= 0.3 is 6.18 Å². The molecule has 0 bridgehead atoms. The smallest absolute Gasteiger partial charge is 0.416 e. The van der Waals surface area contributed by atoms with Crippen LogP contribution in [0.3, 0.4) is 0 Å². The average molecular weight is 739 g/mol. The van der Waals surface area contributed by atoms with E-state index in [-0.39, 0.29) is 44.9 Å². The second kappa shape index (κ2) is 15.5. The highest BCUT2D eigenvalue weighted by atomic mass is 32.2. The third-order valence-corrected chi connectivity index (χ3v) is 12.3. The number of benzene rings is 3. The lowest BCUT2D eigenvalue weighted by atomic mass is 9.93. The molecule has 278 valence electrons. The number of halogens is 3. The summed E-state index contributed by atoms with van der Waals surface area (Å²) in [4.78, 5) is 24.1. The standard InChI is InChI=1S/C39H45F3N4O5S/c1-25(2)52(48,49)35-22-31-33(23-34(35)50-4)44-37(28-11-8-12-29(21-28)39(40,41)42)32(36(31)38(47)43-26(3)27-9-6-5-7-10-27)24-45-15-13-30(14-16-45)46-17-19-51-20-18-46/h5-12,21-23,25-26,30H,13-20,24H2,1-4H3,(H,43,47)/t26-/m0/s1. The van der Waals surface area contributed by atoms with Crippen LogP contribution < -0.4 is 10.1 Å². The Balaban J connectivity index is 1.55. The largest absolute Gasteiger partial charge is 0.495 e. The summed E-state index contributed by atoms with van der Waals surface area (Å²) in [6, 6.07) is 17.2. The number of aromatic nitrogens is 1. The van der Waals surface area contributed by atoms with Crippen molar-refractivity contribution in [3.05, 3.63) is 89.0 Å². The number of carbonyl (C=O) groups is 1. The third-order valence-electron chi connectivity index (χ3n) is 10.1. The molecule has 1 N–H and O–H groups in total. The fourth-order valence-electron chi connectivity index (χ4n) is 7.14. The van der Waals surface area contributed by atoms with Gasteiger partial charge in [0.1, 0.15) is 10.6 Å². The van der Waals surface area contributed by atoms with E-state index in [0.29, 0.717) is 37.9 Å². The number of sulfone groups is 1. The van der Waals surface area contributed by atoms with Gasteiger partial charge in [0.15, 0.2) is 9.84 Å². The number of ether oxygens (including phenoxy) is 2. The fraction of sp³-hybridized carbons (Fsp3) is 0.436. The minimum atomic E-state index is -4.61. The molecule has 1 amide bonds. The van der Waals surface area contributed by atoms with E-state index in [4.69, 9.17) is 14.5 Å². The number of morpholine rings is 1. The molecule has 4 aromatic rings. The highest BCUT2D eigenvalue weighted by molar-refractivity contribution is 7.92. The number of pyridine rings is 1. The van der Waals surface area contributed by atoms with Crippen LogP contribution in [0.5, 0.6) is 5.75 Å². The van der Waals surface area contributed by atoms with Gasteiger partial charge in [-0.2, -0.15) is 13.2 Å². The van der Waals surface area contributed by atoms with Gasteiger partial charge in [0.25, 0.3) is 5.91 Å². The Labute approximate surface area is 303 Å². The van der Waals surface area contributed by atoms with E-state index in [0.717, 1.165) is 43.6 Å². The maximum atomic E-state index is 14.7. The van der Waals surface area contributed by atoms with Gasteiger partial charge in [-0.15, -0.1) is 0 Å². The normalized spacial score (nSPS) is 17.4. The van der Waals surface area contributed by atoms with Crippen LogP contribution in [0, 0.1) is 0 Å². The monoisotopic (exact) mass is 738 g/mol. The van der Waals surface area contributed by atoms with Crippen LogP contribution in [0.2, 0.25) is 0 Å². The quantitative estimate of drug-likeness (QED) is 0.188. The second-order valence-electron chi connectivity index (χ2n) is 13.8. The highest BCUT2D eigenvalue weighted by Gasteiger charge is 2.34. The molecule has 1 aromatic heterocycles. The number of alkyl halides is 3. The maximum Gasteiger partial charge on any atom is 0.416 e. The molecular formula is C39H45F3N4O5S. The number of carbonyl (C=O) groups excluding carboxylic acids is 1. The number of hydrogen-bond donors (Lipinski definition) is 1. The van der Waals surface area contributed by atoms with Crippen molar-refractivity contribution in [3.63, 3.8) is 0 Å². The van der Waals surface area contributed by atoms with Crippen LogP contribution in [0.1, 0.15) is 66.7 Å². The Hall–Kier alpha value is -4.04. The predicted molar refractivity (Wildman–Crippen MR) is 194 cm³/mol. The summed E-state index contributed by atoms with van der Waals surface area (Å²) in [5, 5.41) is 2.57. The van der Waals surface area contributed by atoms with Crippen molar-refractivity contribution in [1.29, 1.82) is 0 Å². The van der Waals surface area contributed by atoms with Gasteiger partial charge in [-0.25, -0.2) is 13.4 Å². The number of amides is 1. The van der Waals surface area contributed by atoms with Crippen molar-refractivity contribution >= 4 is 26.6 Å². The Bertz CT molecular complexity index is 2010. The molecular weight excluding hydrogens is 694 g/mol. The molecule has 3 heterocycles. The molecule has 52 heavy (non-hydrogen) atoms. The zero-order chi connectivity index (χ0) is 37.2. The lowest BCUT2D eigenvalue weighted by Gasteiger charge is -2.40. The van der Waals surface area contributed by atoms with Crippen molar-refractivity contribution in [2.75, 3.05) is 46.5 Å². The number of piperidine rings is 1. The number of methoxy groups -OCH3 is 1. The van der Waals surface area contributed by atoms with Crippen molar-refractivity contribution in [3.8, 4) is 17.0 Å². The Morgan fingerprint density at radius 3 is 2.31 bits per heavy atom. The van der Waals surface area contributed by atoms with Crippen LogP contribution >= 0.6 is 0 Å². The molecule has 13 heteroatoms. The van der Waals surface area contributed by atoms with Crippen LogP contribution in [0.4, 0.5) is 13.2 Å². The Kier molecular flexibility index (Phi) is 11.3. The molecule has 2 fully saturated rings. The molecule has 0 radical (unpaired) electrons. The van der Waals surface area contributed by atoms with Crippen molar-refractivity contribution in [2.45, 2.75) is 68.6 Å². The van der Waals surface area contributed by atoms with Gasteiger partial charge in [-0.05, 0) is 70.5 Å². The summed E-state index contributed by atoms with van der Waals surface area (Å²) in [6.45, 7) is 9.71. The van der Waals surface area contributed by atoms with Gasteiger partial charge in [-0.3, -0.25) is 14.6 Å². The SMILES string of the molecule is COc1cc2nc(-c3cccc(C(F)(F)F)c3)c(CN3CCC(N4CCOCC4)CC3)c(C(=O)N[C@@H](C)c3ccccc3)c2cc1S(=O)(=O)C(C)C. The first-order valence-electron chi connectivity index (χ1n) is 17.6. The van der Waals surface area contributed by atoms with Crippen LogP contribution in [0.25, 0.3) is 22.2 Å². The van der Waals surface area contributed by atoms with E-state index in [9.17, 15) is 26.4 Å². The topological polar surface area (TPSA) is 101 Å². The van der Waals surface area contributed by atoms with Gasteiger partial charge in [0.05, 0.1) is 54.0 Å². The molecule has 6 rings (SSSR count). The van der Waals surface area contributed by atoms with Gasteiger partial charge < -0.3 is 14.8 Å². The molecule has 9 nitrogen and oxygen atoms in total. The average Bonchev–Trinajstić information content (AvgIpc) is 3.14. The minimum absolute atomic E-state index is 0.0330. The molecule has 2 aliphatic rings. The molecule has 0 saturated carbocycles. The maximum absolute atomic E-state index is 14.7. The van der Waals surface area contributed by atoms with Crippen LogP contribution in [-0.2, 0) is 27.3 Å². The van der Waals surface area contributed by atoms with Crippen LogP contribution in [-0.4, -0.2) is 86.9 Å². The van der Waals surface area contributed by atoms with E-state index in [1.807, 2.05) is 37.3 Å². The first kappa shape index (κ1) is 37.7. The second-order valence-corrected chi connectivity index (χ2v) is 16.2. The van der Waals surface area contributed by atoms with Crippen molar-refractivity contribution < 1.29 is 35.9 Å². The lowest BCUT2D eigenvalue weighted by molar-refractivity contribution is -0.137. The van der Waals surface area contributed by atoms with E-state index in [2.05, 4.69) is 15.1 Å². The fourth-order valence-corrected chi connectivity index (χ4v) is 8.36. The summed E-state index contributed by atoms with van der Waals surface area (Å²) < 4.78 is 80.6. The number of nitrogens with one attached hydrogen (secondary N) is 1. The molecule has 2 saturated heterocycles. The number of rotatable bonds is 10. The summed E-state index contributed by atoms with van der Waals surface area (Å²) in [7, 11) is -2.55. The van der Waals surface area contributed by atoms with E-state index < -0.39 is 38.8 Å². The Morgan fingerprint density at radius 1 is 0.981 bits per heavy atom. The summed E-state index contributed by atoms with van der Waals surface area (Å²) in [5.41, 5.74) is 1.23. The first-order valence-corrected chi connectivity index (χ1v) is 19.2. The minimum Gasteiger partial charge on any atom is -0.495 e. The van der Waals surface area contributed by atoms with Crippen molar-refractivity contribution in [2.24, 2.45) is 0 Å². The molecule has 0 unspecified atom stereocenters. The molecule has 0 aliphatic carbocycles.